The fourth-order valence-electron chi connectivity index (χ4n) is 4.24. The Morgan fingerprint density at radius 2 is 1.77 bits per heavy atom. The molecule has 0 radical (unpaired) electrons. The van der Waals surface area contributed by atoms with Crippen molar-refractivity contribution < 1.29 is 19.6 Å². The topological polar surface area (TPSA) is 74.9 Å². The first-order valence-electron chi connectivity index (χ1n) is 11.0. The van der Waals surface area contributed by atoms with E-state index in [4.69, 9.17) is 0 Å². The van der Waals surface area contributed by atoms with Gasteiger partial charge in [-0.2, -0.15) is 0 Å². The van der Waals surface area contributed by atoms with Gasteiger partial charge < -0.3 is 14.9 Å². The van der Waals surface area contributed by atoms with Crippen LogP contribution in [0.3, 0.4) is 0 Å². The van der Waals surface area contributed by atoms with E-state index in [-0.39, 0.29) is 11.3 Å². The fraction of sp³-hybridized carbons (Fsp3) is 0.400. The van der Waals surface area contributed by atoms with Crippen LogP contribution in [0.4, 0.5) is 0 Å². The van der Waals surface area contributed by atoms with Gasteiger partial charge in [-0.15, -0.1) is 0 Å². The highest BCUT2D eigenvalue weighted by molar-refractivity contribution is 6.46. The van der Waals surface area contributed by atoms with Crippen molar-refractivity contribution in [2.45, 2.75) is 40.2 Å². The Kier molecular flexibility index (Phi) is 7.23. The number of carbonyl (C=O) groups excluding carboxylic acids is 2. The second-order valence-corrected chi connectivity index (χ2v) is 8.15. The second-order valence-electron chi connectivity index (χ2n) is 8.15. The summed E-state index contributed by atoms with van der Waals surface area (Å²) in [6.07, 6.45) is 4.08. The lowest BCUT2D eigenvalue weighted by molar-refractivity contribution is -0.896. The van der Waals surface area contributed by atoms with E-state index in [0.29, 0.717) is 12.1 Å². The van der Waals surface area contributed by atoms with Crippen LogP contribution in [-0.2, 0) is 9.59 Å². The van der Waals surface area contributed by atoms with E-state index < -0.39 is 17.7 Å². The average molecular weight is 423 g/mol. The first-order valence-corrected chi connectivity index (χ1v) is 11.0. The van der Waals surface area contributed by atoms with E-state index in [1.54, 1.807) is 29.4 Å². The summed E-state index contributed by atoms with van der Waals surface area (Å²) in [6, 6.07) is 8.71. The summed E-state index contributed by atoms with van der Waals surface area (Å²) in [5.74, 6) is -1.29. The highest BCUT2D eigenvalue weighted by Crippen LogP contribution is 2.39. The number of nitrogens with zero attached hydrogens (tertiary/aromatic N) is 2. The highest BCUT2D eigenvalue weighted by Gasteiger charge is 2.46. The lowest BCUT2D eigenvalue weighted by atomic mass is 9.93. The van der Waals surface area contributed by atoms with Crippen molar-refractivity contribution in [2.24, 2.45) is 0 Å². The van der Waals surface area contributed by atoms with E-state index >= 15 is 0 Å². The molecule has 1 aliphatic rings. The molecule has 2 heterocycles. The predicted molar refractivity (Wildman–Crippen MR) is 121 cm³/mol. The minimum absolute atomic E-state index is 0.113. The zero-order valence-electron chi connectivity index (χ0n) is 18.8. The zero-order chi connectivity index (χ0) is 22.5. The molecule has 0 saturated carbocycles. The standard InChI is InChI=1S/C25H31N3O3/c1-5-27(6-2)14-7-15-28-22(19-10-12-26-13-11-19)21(24(30)25(28)31)23(29)20-16-17(3)8-9-18(20)4/h8-13,16,22,29H,5-7,14-15H2,1-4H3/p+1/t22-/m1/s1. The van der Waals surface area contributed by atoms with Crippen molar-refractivity contribution in [2.75, 3.05) is 26.2 Å². The molecular formula is C25H32N3O3+. The maximum absolute atomic E-state index is 13.1. The van der Waals surface area contributed by atoms with Gasteiger partial charge in [-0.1, -0.05) is 17.7 Å². The van der Waals surface area contributed by atoms with Crippen LogP contribution < -0.4 is 4.90 Å². The third kappa shape index (κ3) is 4.69. The van der Waals surface area contributed by atoms with Gasteiger partial charge >= 0.3 is 0 Å². The largest absolute Gasteiger partial charge is 0.507 e. The molecule has 2 N–H and O–H groups in total. The molecule has 1 aliphatic heterocycles. The average Bonchev–Trinajstić information content (AvgIpc) is 3.03. The van der Waals surface area contributed by atoms with Crippen molar-refractivity contribution >= 4 is 17.4 Å². The third-order valence-corrected chi connectivity index (χ3v) is 6.14. The van der Waals surface area contributed by atoms with Crippen LogP contribution in [0.5, 0.6) is 0 Å². The first kappa shape index (κ1) is 22.7. The number of Topliss-reactive ketones (excluding diaryl/α,β-unsaturated/α-hetero) is 1. The summed E-state index contributed by atoms with van der Waals surface area (Å²) >= 11 is 0. The molecule has 6 heteroatoms. The van der Waals surface area contributed by atoms with Crippen LogP contribution in [0.15, 0.2) is 48.3 Å². The van der Waals surface area contributed by atoms with E-state index in [1.807, 2.05) is 32.0 Å². The molecule has 1 atom stereocenters. The Balaban J connectivity index is 2.04. The summed E-state index contributed by atoms with van der Waals surface area (Å²) in [4.78, 5) is 33.2. The van der Waals surface area contributed by atoms with Gasteiger partial charge in [0.15, 0.2) is 0 Å². The normalized spacial score (nSPS) is 18.2. The molecule has 1 fully saturated rings. The first-order chi connectivity index (χ1) is 14.9. The number of aryl methyl sites for hydroxylation is 2. The monoisotopic (exact) mass is 422 g/mol. The number of aliphatic hydroxyl groups excluding tert-OH is 1. The Hall–Kier alpha value is -2.99. The summed E-state index contributed by atoms with van der Waals surface area (Å²) in [5.41, 5.74) is 3.35. The Morgan fingerprint density at radius 3 is 2.42 bits per heavy atom. The van der Waals surface area contributed by atoms with Gasteiger partial charge in [-0.25, -0.2) is 0 Å². The number of amides is 1. The molecule has 0 unspecified atom stereocenters. The van der Waals surface area contributed by atoms with E-state index in [9.17, 15) is 14.7 Å². The Bertz CT molecular complexity index is 981. The summed E-state index contributed by atoms with van der Waals surface area (Å²) in [6.45, 7) is 11.5. The van der Waals surface area contributed by atoms with Crippen LogP contribution in [0.1, 0.15) is 48.6 Å². The van der Waals surface area contributed by atoms with Crippen molar-refractivity contribution in [3.8, 4) is 0 Å². The molecule has 0 bridgehead atoms. The van der Waals surface area contributed by atoms with Crippen LogP contribution >= 0.6 is 0 Å². The number of aliphatic hydroxyl groups is 1. The number of pyridine rings is 1. The maximum atomic E-state index is 13.1. The minimum atomic E-state index is -0.629. The van der Waals surface area contributed by atoms with Gasteiger partial charge in [0, 0.05) is 30.9 Å². The molecule has 1 aromatic carbocycles. The number of nitrogens with one attached hydrogen (secondary N) is 1. The molecule has 2 aromatic rings. The number of benzene rings is 1. The number of carbonyl (C=O) groups is 2. The second kappa shape index (κ2) is 9.88. The smallest absolute Gasteiger partial charge is 0.295 e. The number of ketones is 1. The lowest BCUT2D eigenvalue weighted by Gasteiger charge is -2.26. The molecule has 164 valence electrons. The summed E-state index contributed by atoms with van der Waals surface area (Å²) < 4.78 is 0. The van der Waals surface area contributed by atoms with Gasteiger partial charge in [-0.3, -0.25) is 14.6 Å². The molecule has 31 heavy (non-hydrogen) atoms. The number of quaternary nitrogens is 1. The number of likely N-dealkylation sites (tertiary alicyclic amines) is 1. The van der Waals surface area contributed by atoms with Crippen LogP contribution in [0.2, 0.25) is 0 Å². The quantitative estimate of drug-likeness (QED) is 0.389. The molecule has 0 spiro atoms. The number of rotatable bonds is 8. The SMILES string of the molecule is CC[NH+](CC)CCCN1C(=O)C(=O)C(=C(O)c2cc(C)ccc2C)[C@H]1c1ccncc1. The lowest BCUT2D eigenvalue weighted by Crippen LogP contribution is -3.11. The summed E-state index contributed by atoms with van der Waals surface area (Å²) in [5, 5.41) is 11.2. The third-order valence-electron chi connectivity index (χ3n) is 6.14. The molecule has 1 aromatic heterocycles. The molecule has 6 nitrogen and oxygen atoms in total. The minimum Gasteiger partial charge on any atom is -0.507 e. The predicted octanol–water partition coefficient (Wildman–Crippen LogP) is 2.43. The van der Waals surface area contributed by atoms with Crippen molar-refractivity contribution in [3.63, 3.8) is 0 Å². The van der Waals surface area contributed by atoms with Crippen molar-refractivity contribution in [1.82, 2.24) is 9.88 Å². The summed E-state index contributed by atoms with van der Waals surface area (Å²) in [7, 11) is 0. The van der Waals surface area contributed by atoms with Gasteiger partial charge in [0.2, 0.25) is 0 Å². The van der Waals surface area contributed by atoms with Gasteiger partial charge in [0.25, 0.3) is 11.7 Å². The van der Waals surface area contributed by atoms with E-state index in [1.165, 1.54) is 4.90 Å². The van der Waals surface area contributed by atoms with Gasteiger partial charge in [-0.05, 0) is 57.0 Å². The van der Waals surface area contributed by atoms with Gasteiger partial charge in [0.05, 0.1) is 31.2 Å². The maximum Gasteiger partial charge on any atom is 0.295 e. The van der Waals surface area contributed by atoms with Crippen LogP contribution in [0.25, 0.3) is 5.76 Å². The molecule has 1 amide bonds. The van der Waals surface area contributed by atoms with E-state index in [0.717, 1.165) is 42.7 Å². The van der Waals surface area contributed by atoms with E-state index in [2.05, 4.69) is 18.8 Å². The van der Waals surface area contributed by atoms with Crippen LogP contribution in [-0.4, -0.2) is 52.9 Å². The molecule has 1 saturated heterocycles. The highest BCUT2D eigenvalue weighted by atomic mass is 16.3. The molecule has 3 rings (SSSR count). The zero-order valence-corrected chi connectivity index (χ0v) is 18.8. The van der Waals surface area contributed by atoms with Crippen molar-refractivity contribution in [1.29, 1.82) is 0 Å². The van der Waals surface area contributed by atoms with Crippen LogP contribution in [0, 0.1) is 13.8 Å². The number of hydrogen-bond donors (Lipinski definition) is 2. The molecular weight excluding hydrogens is 390 g/mol. The Labute approximate surface area is 184 Å². The van der Waals surface area contributed by atoms with Crippen molar-refractivity contribution in [3.05, 3.63) is 70.6 Å². The molecule has 0 aliphatic carbocycles. The number of aromatic nitrogens is 1. The van der Waals surface area contributed by atoms with Gasteiger partial charge in [0.1, 0.15) is 5.76 Å². The fourth-order valence-corrected chi connectivity index (χ4v) is 4.24. The number of hydrogen-bond acceptors (Lipinski definition) is 4. The Morgan fingerprint density at radius 1 is 1.10 bits per heavy atom.